The first-order chi connectivity index (χ1) is 6.22. The molecular weight excluding hydrogens is 234 g/mol. The van der Waals surface area contributed by atoms with Crippen molar-refractivity contribution >= 4 is 21.8 Å². The number of rotatable bonds is 3. The van der Waals surface area contributed by atoms with Gasteiger partial charge in [-0.1, -0.05) is 15.9 Å². The van der Waals surface area contributed by atoms with Crippen LogP contribution in [0.2, 0.25) is 0 Å². The lowest BCUT2D eigenvalue weighted by molar-refractivity contribution is 0.309. The molecule has 0 atom stereocenters. The monoisotopic (exact) mass is 243 g/mol. The molecule has 0 spiro atoms. The van der Waals surface area contributed by atoms with E-state index in [0.29, 0.717) is 0 Å². The summed E-state index contributed by atoms with van der Waals surface area (Å²) in [5.41, 5.74) is 0. The fraction of sp³-hybridized carbons (Fsp3) is 0.222. The van der Waals surface area contributed by atoms with Crippen LogP contribution in [0.15, 0.2) is 28.7 Å². The largest absolute Gasteiger partial charge is 0.484 e. The molecule has 4 heteroatoms. The van der Waals surface area contributed by atoms with Crippen LogP contribution in [-0.2, 0) is 4.74 Å². The van der Waals surface area contributed by atoms with Crippen LogP contribution >= 0.6 is 15.9 Å². The molecule has 0 aliphatic rings. The van der Waals surface area contributed by atoms with Crippen molar-refractivity contribution in [2.75, 3.05) is 13.7 Å². The van der Waals surface area contributed by atoms with Gasteiger partial charge in [-0.3, -0.25) is 5.41 Å². The number of nitrogens with one attached hydrogen (secondary N) is 1. The maximum absolute atomic E-state index is 7.17. The third-order valence-corrected chi connectivity index (χ3v) is 1.96. The molecule has 0 unspecified atom stereocenters. The molecule has 0 saturated carbocycles. The van der Waals surface area contributed by atoms with Gasteiger partial charge in [0.05, 0.1) is 7.11 Å². The minimum Gasteiger partial charge on any atom is -0.484 e. The minimum atomic E-state index is 0.114. The third kappa shape index (κ3) is 3.46. The van der Waals surface area contributed by atoms with Gasteiger partial charge < -0.3 is 9.47 Å². The van der Waals surface area contributed by atoms with Gasteiger partial charge in [-0.25, -0.2) is 0 Å². The number of hydrogen-bond donors (Lipinski definition) is 1. The molecule has 0 aliphatic carbocycles. The summed E-state index contributed by atoms with van der Waals surface area (Å²) in [6, 6.07) is 7.41. The predicted molar refractivity (Wildman–Crippen MR) is 54.4 cm³/mol. The first-order valence-corrected chi connectivity index (χ1v) is 4.51. The van der Waals surface area contributed by atoms with Gasteiger partial charge in [-0.2, -0.15) is 0 Å². The molecule has 0 aliphatic heterocycles. The van der Waals surface area contributed by atoms with Crippen LogP contribution in [0.25, 0.3) is 0 Å². The highest BCUT2D eigenvalue weighted by molar-refractivity contribution is 9.10. The number of benzene rings is 1. The molecule has 0 fully saturated rings. The van der Waals surface area contributed by atoms with Crippen LogP contribution in [-0.4, -0.2) is 19.6 Å². The Bertz CT molecular complexity index is 284. The lowest BCUT2D eigenvalue weighted by atomic mass is 10.3. The van der Waals surface area contributed by atoms with E-state index >= 15 is 0 Å². The quantitative estimate of drug-likeness (QED) is 0.655. The molecular formula is C9H10BrNO2. The van der Waals surface area contributed by atoms with Gasteiger partial charge >= 0.3 is 0 Å². The SMILES string of the molecule is COC(=N)COc1ccc(Br)cc1. The Morgan fingerprint density at radius 1 is 1.38 bits per heavy atom. The van der Waals surface area contributed by atoms with Crippen molar-refractivity contribution in [3.05, 3.63) is 28.7 Å². The van der Waals surface area contributed by atoms with Crippen LogP contribution in [0.1, 0.15) is 0 Å². The van der Waals surface area contributed by atoms with Gasteiger partial charge in [0.1, 0.15) is 5.75 Å². The van der Waals surface area contributed by atoms with Gasteiger partial charge in [0, 0.05) is 4.47 Å². The summed E-state index contributed by atoms with van der Waals surface area (Å²) in [4.78, 5) is 0. The zero-order chi connectivity index (χ0) is 9.68. The van der Waals surface area contributed by atoms with Gasteiger partial charge in [-0.15, -0.1) is 0 Å². The summed E-state index contributed by atoms with van der Waals surface area (Å²) in [6.45, 7) is 0.165. The van der Waals surface area contributed by atoms with Crippen molar-refractivity contribution < 1.29 is 9.47 Å². The van der Waals surface area contributed by atoms with Gasteiger partial charge in [-0.05, 0) is 24.3 Å². The van der Waals surface area contributed by atoms with E-state index in [4.69, 9.17) is 10.1 Å². The highest BCUT2D eigenvalue weighted by atomic mass is 79.9. The molecule has 0 aromatic heterocycles. The molecule has 1 aromatic rings. The average Bonchev–Trinajstić information content (AvgIpc) is 2.16. The van der Waals surface area contributed by atoms with Crippen molar-refractivity contribution in [1.29, 1.82) is 5.41 Å². The van der Waals surface area contributed by atoms with Crippen LogP contribution in [0.3, 0.4) is 0 Å². The normalized spacial score (nSPS) is 9.38. The van der Waals surface area contributed by atoms with E-state index in [0.717, 1.165) is 10.2 Å². The van der Waals surface area contributed by atoms with Crippen LogP contribution in [0.5, 0.6) is 5.75 Å². The van der Waals surface area contributed by atoms with Gasteiger partial charge in [0.25, 0.3) is 0 Å². The van der Waals surface area contributed by atoms with Crippen molar-refractivity contribution in [1.82, 2.24) is 0 Å². The van der Waals surface area contributed by atoms with E-state index in [2.05, 4.69) is 20.7 Å². The molecule has 0 radical (unpaired) electrons. The van der Waals surface area contributed by atoms with E-state index in [9.17, 15) is 0 Å². The summed E-state index contributed by atoms with van der Waals surface area (Å²) in [5, 5.41) is 7.17. The Morgan fingerprint density at radius 3 is 2.54 bits per heavy atom. The van der Waals surface area contributed by atoms with Gasteiger partial charge in [0.2, 0.25) is 5.90 Å². The molecule has 1 N–H and O–H groups in total. The maximum atomic E-state index is 7.17. The fourth-order valence-corrected chi connectivity index (χ4v) is 1.00. The van der Waals surface area contributed by atoms with Crippen molar-refractivity contribution in [3.8, 4) is 5.75 Å². The fourth-order valence-electron chi connectivity index (χ4n) is 0.739. The summed E-state index contributed by atoms with van der Waals surface area (Å²) >= 11 is 3.32. The van der Waals surface area contributed by atoms with Crippen LogP contribution < -0.4 is 4.74 Å². The third-order valence-electron chi connectivity index (χ3n) is 1.43. The first-order valence-electron chi connectivity index (χ1n) is 3.72. The zero-order valence-electron chi connectivity index (χ0n) is 7.21. The highest BCUT2D eigenvalue weighted by Gasteiger charge is 1.97. The average molecular weight is 244 g/mol. The predicted octanol–water partition coefficient (Wildman–Crippen LogP) is 2.45. The van der Waals surface area contributed by atoms with Crippen LogP contribution in [0.4, 0.5) is 0 Å². The summed E-state index contributed by atoms with van der Waals surface area (Å²) < 4.78 is 10.9. The topological polar surface area (TPSA) is 42.3 Å². The maximum Gasteiger partial charge on any atom is 0.219 e. The molecule has 1 aromatic carbocycles. The van der Waals surface area contributed by atoms with E-state index in [1.54, 1.807) is 0 Å². The van der Waals surface area contributed by atoms with E-state index in [-0.39, 0.29) is 12.5 Å². The molecule has 1 rings (SSSR count). The van der Waals surface area contributed by atoms with Gasteiger partial charge in [0.15, 0.2) is 6.61 Å². The molecule has 0 amide bonds. The minimum absolute atomic E-state index is 0.114. The molecule has 70 valence electrons. The molecule has 13 heavy (non-hydrogen) atoms. The lowest BCUT2D eigenvalue weighted by Gasteiger charge is -2.05. The Labute approximate surface area is 85.3 Å². The van der Waals surface area contributed by atoms with Crippen LogP contribution in [0, 0.1) is 5.41 Å². The number of ether oxygens (including phenoxy) is 2. The van der Waals surface area contributed by atoms with E-state index in [1.807, 2.05) is 24.3 Å². The molecule has 0 heterocycles. The second kappa shape index (κ2) is 4.87. The number of methoxy groups -OCH3 is 1. The van der Waals surface area contributed by atoms with Crippen molar-refractivity contribution in [2.45, 2.75) is 0 Å². The number of halogens is 1. The first kappa shape index (κ1) is 10.1. The van der Waals surface area contributed by atoms with Crippen molar-refractivity contribution in [3.63, 3.8) is 0 Å². The summed E-state index contributed by atoms with van der Waals surface area (Å²) in [7, 11) is 1.45. The smallest absolute Gasteiger partial charge is 0.219 e. The summed E-state index contributed by atoms with van der Waals surface area (Å²) in [5.74, 6) is 0.841. The standard InChI is InChI=1S/C9H10BrNO2/c1-12-9(11)6-13-8-4-2-7(10)3-5-8/h2-5,11H,6H2,1H3. The Hall–Kier alpha value is -1.03. The van der Waals surface area contributed by atoms with E-state index < -0.39 is 0 Å². The Morgan fingerprint density at radius 2 is 2.00 bits per heavy atom. The lowest BCUT2D eigenvalue weighted by Crippen LogP contribution is -2.11. The Kier molecular flexibility index (Phi) is 3.76. The second-order valence-electron chi connectivity index (χ2n) is 2.37. The summed E-state index contributed by atoms with van der Waals surface area (Å²) in [6.07, 6.45) is 0. The second-order valence-corrected chi connectivity index (χ2v) is 3.29. The Balaban J connectivity index is 2.46. The molecule has 0 saturated heterocycles. The molecule has 3 nitrogen and oxygen atoms in total. The zero-order valence-corrected chi connectivity index (χ0v) is 8.80. The number of hydrogen-bond acceptors (Lipinski definition) is 3. The molecule has 0 bridgehead atoms. The van der Waals surface area contributed by atoms with E-state index in [1.165, 1.54) is 7.11 Å². The van der Waals surface area contributed by atoms with Crippen molar-refractivity contribution in [2.24, 2.45) is 0 Å². The highest BCUT2D eigenvalue weighted by Crippen LogP contribution is 2.15.